The number of rotatable bonds is 2. The number of halogens is 1. The molecule has 0 aliphatic heterocycles. The van der Waals surface area contributed by atoms with Crippen LogP contribution < -0.4 is 11.3 Å². The van der Waals surface area contributed by atoms with Gasteiger partial charge in [-0.15, -0.1) is 0 Å². The molecule has 0 spiro atoms. The van der Waals surface area contributed by atoms with Gasteiger partial charge in [-0.25, -0.2) is 4.68 Å². The van der Waals surface area contributed by atoms with Gasteiger partial charge in [0.25, 0.3) is 5.56 Å². The molecule has 0 aliphatic rings. The molecule has 1 aromatic carbocycles. The van der Waals surface area contributed by atoms with Crippen molar-refractivity contribution >= 4 is 17.3 Å². The van der Waals surface area contributed by atoms with E-state index >= 15 is 0 Å². The van der Waals surface area contributed by atoms with E-state index in [1.165, 1.54) is 10.7 Å². The maximum Gasteiger partial charge on any atom is 0.267 e. The molecule has 1 heterocycles. The van der Waals surface area contributed by atoms with Crippen LogP contribution in [0.15, 0.2) is 35.3 Å². The number of nitrogens with zero attached hydrogens (tertiary/aromatic N) is 2. The van der Waals surface area contributed by atoms with Crippen LogP contribution in [0.4, 0.5) is 5.69 Å². The predicted octanol–water partition coefficient (Wildman–Crippen LogP) is 1.84. The van der Waals surface area contributed by atoms with Crippen molar-refractivity contribution in [1.29, 1.82) is 0 Å². The zero-order valence-corrected chi connectivity index (χ0v) is 10.1. The van der Waals surface area contributed by atoms with Gasteiger partial charge in [0.2, 0.25) is 0 Å². The van der Waals surface area contributed by atoms with Gasteiger partial charge in [0.1, 0.15) is 0 Å². The number of hydrogen-bond acceptors (Lipinski definition) is 3. The summed E-state index contributed by atoms with van der Waals surface area (Å²) in [5.74, 6) is 0. The van der Waals surface area contributed by atoms with Crippen LogP contribution in [0.2, 0.25) is 5.02 Å². The lowest BCUT2D eigenvalue weighted by molar-refractivity contribution is 0.636. The predicted molar refractivity (Wildman–Crippen MR) is 68.2 cm³/mol. The summed E-state index contributed by atoms with van der Waals surface area (Å²) in [5.41, 5.74) is 7.72. The molecule has 2 rings (SSSR count). The first-order valence-corrected chi connectivity index (χ1v) is 5.52. The Hall–Kier alpha value is -1.81. The Balaban J connectivity index is 2.35. The molecular formula is C12H12ClN3O. The van der Waals surface area contributed by atoms with Gasteiger partial charge in [-0.05, 0) is 30.2 Å². The highest BCUT2D eigenvalue weighted by Gasteiger charge is 2.04. The zero-order chi connectivity index (χ0) is 12.4. The number of anilines is 1. The molecule has 0 amide bonds. The van der Waals surface area contributed by atoms with Gasteiger partial charge in [0.05, 0.1) is 12.7 Å². The van der Waals surface area contributed by atoms with Crippen LogP contribution >= 0.6 is 11.6 Å². The average molecular weight is 250 g/mol. The highest BCUT2D eigenvalue weighted by Crippen LogP contribution is 2.19. The third-order valence-corrected chi connectivity index (χ3v) is 2.76. The largest absolute Gasteiger partial charge is 0.399 e. The van der Waals surface area contributed by atoms with Crippen molar-refractivity contribution in [3.63, 3.8) is 0 Å². The highest BCUT2D eigenvalue weighted by atomic mass is 35.5. The van der Waals surface area contributed by atoms with Crippen LogP contribution in [0, 0.1) is 6.92 Å². The Kier molecular flexibility index (Phi) is 3.15. The first-order valence-electron chi connectivity index (χ1n) is 5.14. The lowest BCUT2D eigenvalue weighted by Gasteiger charge is -2.07. The molecular weight excluding hydrogens is 238 g/mol. The number of nitrogens with two attached hydrogens (primary N) is 1. The van der Waals surface area contributed by atoms with Gasteiger partial charge < -0.3 is 5.73 Å². The maximum absolute atomic E-state index is 11.7. The highest BCUT2D eigenvalue weighted by molar-refractivity contribution is 6.31. The SMILES string of the molecule is Cc1cnn(Cc2ccc(N)cc2Cl)c(=O)c1. The molecule has 0 aliphatic carbocycles. The minimum absolute atomic E-state index is 0.141. The zero-order valence-electron chi connectivity index (χ0n) is 9.35. The fourth-order valence-corrected chi connectivity index (χ4v) is 1.74. The Bertz CT molecular complexity index is 607. The standard InChI is InChI=1S/C12H12ClN3O/c1-8-4-12(17)16(15-6-8)7-9-2-3-10(14)5-11(9)13/h2-6H,7,14H2,1H3. The molecule has 2 aromatic rings. The minimum atomic E-state index is -0.141. The van der Waals surface area contributed by atoms with Crippen LogP contribution in [0.25, 0.3) is 0 Å². The number of hydrogen-bond donors (Lipinski definition) is 1. The molecule has 0 saturated heterocycles. The Labute approximate surface area is 104 Å². The molecule has 0 atom stereocenters. The molecule has 1 aromatic heterocycles. The first kappa shape index (κ1) is 11.7. The van der Waals surface area contributed by atoms with Crippen molar-refractivity contribution in [3.8, 4) is 0 Å². The molecule has 17 heavy (non-hydrogen) atoms. The molecule has 4 nitrogen and oxygen atoms in total. The molecule has 0 fully saturated rings. The van der Waals surface area contributed by atoms with Crippen molar-refractivity contribution in [3.05, 3.63) is 57.0 Å². The maximum atomic E-state index is 11.7. The van der Waals surface area contributed by atoms with Crippen LogP contribution in [0.1, 0.15) is 11.1 Å². The van der Waals surface area contributed by atoms with Gasteiger partial charge in [0.15, 0.2) is 0 Å². The third kappa shape index (κ3) is 2.65. The quantitative estimate of drug-likeness (QED) is 0.826. The summed E-state index contributed by atoms with van der Waals surface area (Å²) < 4.78 is 1.37. The van der Waals surface area contributed by atoms with Crippen LogP contribution in [-0.2, 0) is 6.54 Å². The van der Waals surface area contributed by atoms with Crippen molar-refractivity contribution in [2.75, 3.05) is 5.73 Å². The van der Waals surface area contributed by atoms with Crippen LogP contribution in [0.5, 0.6) is 0 Å². The van der Waals surface area contributed by atoms with E-state index in [2.05, 4.69) is 5.10 Å². The Morgan fingerprint density at radius 1 is 1.41 bits per heavy atom. The van der Waals surface area contributed by atoms with Gasteiger partial charge in [-0.3, -0.25) is 4.79 Å². The monoisotopic (exact) mass is 249 g/mol. The van der Waals surface area contributed by atoms with Gasteiger partial charge in [-0.2, -0.15) is 5.10 Å². The van der Waals surface area contributed by atoms with E-state index in [4.69, 9.17) is 17.3 Å². The van der Waals surface area contributed by atoms with E-state index in [9.17, 15) is 4.79 Å². The smallest absolute Gasteiger partial charge is 0.267 e. The topological polar surface area (TPSA) is 60.9 Å². The minimum Gasteiger partial charge on any atom is -0.399 e. The Morgan fingerprint density at radius 2 is 2.18 bits per heavy atom. The molecule has 88 valence electrons. The number of aromatic nitrogens is 2. The van der Waals surface area contributed by atoms with Crippen LogP contribution in [0.3, 0.4) is 0 Å². The van der Waals surface area contributed by atoms with E-state index in [1.54, 1.807) is 24.4 Å². The summed E-state index contributed by atoms with van der Waals surface area (Å²) >= 11 is 6.04. The second kappa shape index (κ2) is 4.59. The molecule has 5 heteroatoms. The summed E-state index contributed by atoms with van der Waals surface area (Å²) in [6.07, 6.45) is 1.65. The lowest BCUT2D eigenvalue weighted by atomic mass is 10.2. The fourth-order valence-electron chi connectivity index (χ4n) is 1.50. The number of nitrogen functional groups attached to an aromatic ring is 1. The van der Waals surface area contributed by atoms with Crippen molar-refractivity contribution in [2.45, 2.75) is 13.5 Å². The summed E-state index contributed by atoms with van der Waals surface area (Å²) in [6, 6.07) is 6.75. The average Bonchev–Trinajstić information content (AvgIpc) is 2.25. The normalized spacial score (nSPS) is 10.5. The van der Waals surface area contributed by atoms with Crippen LogP contribution in [-0.4, -0.2) is 9.78 Å². The van der Waals surface area contributed by atoms with Gasteiger partial charge >= 0.3 is 0 Å². The molecule has 0 unspecified atom stereocenters. The van der Waals surface area contributed by atoms with E-state index in [-0.39, 0.29) is 5.56 Å². The summed E-state index contributed by atoms with van der Waals surface area (Å²) in [6.45, 7) is 2.17. The van der Waals surface area contributed by atoms with Crippen molar-refractivity contribution in [1.82, 2.24) is 9.78 Å². The fraction of sp³-hybridized carbons (Fsp3) is 0.167. The van der Waals surface area contributed by atoms with Gasteiger partial charge in [0, 0.05) is 16.8 Å². The summed E-state index contributed by atoms with van der Waals surface area (Å²) in [4.78, 5) is 11.7. The van der Waals surface area contributed by atoms with E-state index in [0.29, 0.717) is 17.3 Å². The van der Waals surface area contributed by atoms with Gasteiger partial charge in [-0.1, -0.05) is 17.7 Å². The Morgan fingerprint density at radius 3 is 2.82 bits per heavy atom. The summed E-state index contributed by atoms with van der Waals surface area (Å²) in [5, 5.41) is 4.59. The molecule has 2 N–H and O–H groups in total. The second-order valence-electron chi connectivity index (χ2n) is 3.88. The van der Waals surface area contributed by atoms with E-state index < -0.39 is 0 Å². The first-order chi connectivity index (χ1) is 8.06. The number of aryl methyl sites for hydroxylation is 1. The molecule has 0 bridgehead atoms. The third-order valence-electron chi connectivity index (χ3n) is 2.40. The number of benzene rings is 1. The van der Waals surface area contributed by atoms with E-state index in [1.807, 2.05) is 6.92 Å². The second-order valence-corrected chi connectivity index (χ2v) is 4.29. The van der Waals surface area contributed by atoms with E-state index in [0.717, 1.165) is 11.1 Å². The summed E-state index contributed by atoms with van der Waals surface area (Å²) in [7, 11) is 0. The van der Waals surface area contributed by atoms with Crippen molar-refractivity contribution < 1.29 is 0 Å². The molecule has 0 radical (unpaired) electrons. The molecule has 0 saturated carbocycles. The van der Waals surface area contributed by atoms with Crippen molar-refractivity contribution in [2.24, 2.45) is 0 Å². The lowest BCUT2D eigenvalue weighted by Crippen LogP contribution is -2.22.